The molecular weight excluding hydrogens is 494 g/mol. The Kier molecular flexibility index (Phi) is 5.57. The van der Waals surface area contributed by atoms with Gasteiger partial charge in [0.25, 0.3) is 10.0 Å². The summed E-state index contributed by atoms with van der Waals surface area (Å²) in [5.74, 6) is -0.151. The van der Waals surface area contributed by atoms with Crippen molar-refractivity contribution in [3.8, 4) is 5.75 Å². The van der Waals surface area contributed by atoms with E-state index in [1.165, 1.54) is 24.4 Å². The van der Waals surface area contributed by atoms with Crippen LogP contribution in [0.15, 0.2) is 52.9 Å². The standard InChI is InChI=1S/C22H19F4N3O3S2/c23-21(11-27-12-21)18-9-13(22(24,25)26)1-3-16(18)15-5-7-32-19-10-14(2-4-17(15)19)34(30,31)29-20-28-6-8-33-20/h1-4,6,8-10,15,27H,5,7,11-12H2,(H,28,29). The molecule has 3 heterocycles. The molecule has 3 aromatic rings. The zero-order chi connectivity index (χ0) is 24.1. The lowest BCUT2D eigenvalue weighted by atomic mass is 9.77. The highest BCUT2D eigenvalue weighted by molar-refractivity contribution is 7.93. The Hall–Kier alpha value is -2.70. The number of thiazole rings is 1. The van der Waals surface area contributed by atoms with Crippen LogP contribution in [0.4, 0.5) is 22.7 Å². The third kappa shape index (κ3) is 4.14. The number of nitrogens with one attached hydrogen (secondary N) is 2. The lowest BCUT2D eigenvalue weighted by Gasteiger charge is -2.39. The van der Waals surface area contributed by atoms with Crippen LogP contribution in [0.1, 0.15) is 34.6 Å². The fourth-order valence-electron chi connectivity index (χ4n) is 4.27. The molecule has 6 nitrogen and oxygen atoms in total. The van der Waals surface area contributed by atoms with Crippen molar-refractivity contribution in [2.24, 2.45) is 0 Å². The number of fused-ring (bicyclic) bond motifs is 1. The molecule has 0 radical (unpaired) electrons. The molecule has 180 valence electrons. The number of hydrogen-bond acceptors (Lipinski definition) is 6. The second-order valence-electron chi connectivity index (χ2n) is 8.20. The minimum Gasteiger partial charge on any atom is -0.493 e. The lowest BCUT2D eigenvalue weighted by Crippen LogP contribution is -2.54. The highest BCUT2D eigenvalue weighted by Crippen LogP contribution is 2.45. The molecular formula is C22H19F4N3O3S2. The summed E-state index contributed by atoms with van der Waals surface area (Å²) in [6.45, 7) is 0.0626. The maximum absolute atomic E-state index is 15.4. The molecule has 1 saturated heterocycles. The van der Waals surface area contributed by atoms with Gasteiger partial charge in [-0.15, -0.1) is 11.3 Å². The average Bonchev–Trinajstić information content (AvgIpc) is 3.28. The van der Waals surface area contributed by atoms with E-state index in [9.17, 15) is 21.6 Å². The van der Waals surface area contributed by atoms with Gasteiger partial charge >= 0.3 is 6.18 Å². The number of alkyl halides is 4. The van der Waals surface area contributed by atoms with E-state index >= 15 is 4.39 Å². The van der Waals surface area contributed by atoms with Crippen LogP contribution in [0.5, 0.6) is 5.75 Å². The van der Waals surface area contributed by atoms with Gasteiger partial charge in [-0.1, -0.05) is 12.1 Å². The number of aromatic nitrogens is 1. The van der Waals surface area contributed by atoms with Crippen molar-refractivity contribution in [2.75, 3.05) is 24.4 Å². The molecule has 2 N–H and O–H groups in total. The fourth-order valence-corrected chi connectivity index (χ4v) is 6.07. The number of halogens is 4. The Morgan fingerprint density at radius 1 is 1.15 bits per heavy atom. The molecule has 0 aliphatic carbocycles. The Balaban J connectivity index is 1.54. The number of ether oxygens (including phenoxy) is 1. The molecule has 0 bridgehead atoms. The van der Waals surface area contributed by atoms with E-state index in [-0.39, 0.29) is 35.3 Å². The van der Waals surface area contributed by atoms with Crippen molar-refractivity contribution in [1.29, 1.82) is 0 Å². The van der Waals surface area contributed by atoms with E-state index in [0.29, 0.717) is 23.3 Å². The van der Waals surface area contributed by atoms with Gasteiger partial charge in [-0.2, -0.15) is 13.2 Å². The fraction of sp³-hybridized carbons (Fsp3) is 0.318. The van der Waals surface area contributed by atoms with Crippen LogP contribution >= 0.6 is 11.3 Å². The summed E-state index contributed by atoms with van der Waals surface area (Å²) >= 11 is 1.13. The molecule has 1 fully saturated rings. The molecule has 2 aliphatic heterocycles. The van der Waals surface area contributed by atoms with E-state index < -0.39 is 33.3 Å². The first-order chi connectivity index (χ1) is 16.1. The third-order valence-corrected chi connectivity index (χ3v) is 8.19. The van der Waals surface area contributed by atoms with Gasteiger partial charge in [0.15, 0.2) is 10.8 Å². The van der Waals surface area contributed by atoms with Gasteiger partial charge in [0.1, 0.15) is 5.75 Å². The molecule has 1 aromatic heterocycles. The van der Waals surface area contributed by atoms with Crippen LogP contribution in [-0.2, 0) is 21.9 Å². The number of rotatable bonds is 5. The van der Waals surface area contributed by atoms with Crippen LogP contribution in [-0.4, -0.2) is 33.1 Å². The number of benzene rings is 2. The molecule has 1 unspecified atom stereocenters. The summed E-state index contributed by atoms with van der Waals surface area (Å²) < 4.78 is 89.1. The van der Waals surface area contributed by atoms with Gasteiger partial charge in [0.05, 0.1) is 17.1 Å². The van der Waals surface area contributed by atoms with Gasteiger partial charge in [-0.05, 0) is 35.7 Å². The quantitative estimate of drug-likeness (QED) is 0.486. The summed E-state index contributed by atoms with van der Waals surface area (Å²) in [6, 6.07) is 7.52. The number of sulfonamides is 1. The maximum atomic E-state index is 15.4. The van der Waals surface area contributed by atoms with Gasteiger partial charge in [0.2, 0.25) is 0 Å². The summed E-state index contributed by atoms with van der Waals surface area (Å²) in [5.41, 5.74) is -1.77. The first-order valence-electron chi connectivity index (χ1n) is 10.4. The molecule has 0 amide bonds. The largest absolute Gasteiger partial charge is 0.493 e. The van der Waals surface area contributed by atoms with Crippen molar-refractivity contribution < 1.29 is 30.7 Å². The topological polar surface area (TPSA) is 80.3 Å². The van der Waals surface area contributed by atoms with Gasteiger partial charge < -0.3 is 10.1 Å². The van der Waals surface area contributed by atoms with Gasteiger partial charge in [-0.25, -0.2) is 17.8 Å². The number of nitrogens with zero attached hydrogens (tertiary/aromatic N) is 1. The summed E-state index contributed by atoms with van der Waals surface area (Å²) in [5, 5.41) is 4.64. The minimum atomic E-state index is -4.60. The van der Waals surface area contributed by atoms with E-state index in [0.717, 1.165) is 23.5 Å². The highest BCUT2D eigenvalue weighted by Gasteiger charge is 2.44. The Labute approximate surface area is 197 Å². The molecule has 12 heteroatoms. The maximum Gasteiger partial charge on any atom is 0.416 e. The highest BCUT2D eigenvalue weighted by atomic mass is 32.2. The summed E-state index contributed by atoms with van der Waals surface area (Å²) in [4.78, 5) is 3.87. The molecule has 34 heavy (non-hydrogen) atoms. The Morgan fingerprint density at radius 2 is 1.91 bits per heavy atom. The predicted molar refractivity (Wildman–Crippen MR) is 118 cm³/mol. The molecule has 1 atom stereocenters. The van der Waals surface area contributed by atoms with Crippen molar-refractivity contribution in [1.82, 2.24) is 10.3 Å². The SMILES string of the molecule is O=S(=O)(Nc1nccs1)c1ccc2c(c1)OCCC2c1ccc(C(F)(F)F)cc1C1(F)CNC1. The van der Waals surface area contributed by atoms with E-state index in [2.05, 4.69) is 15.0 Å². The van der Waals surface area contributed by atoms with E-state index in [4.69, 9.17) is 4.74 Å². The molecule has 2 aliphatic rings. The first kappa shape index (κ1) is 23.1. The van der Waals surface area contributed by atoms with Gasteiger partial charge in [-0.3, -0.25) is 4.72 Å². The zero-order valence-electron chi connectivity index (χ0n) is 17.5. The van der Waals surface area contributed by atoms with E-state index in [1.807, 2.05) is 0 Å². The van der Waals surface area contributed by atoms with Crippen LogP contribution in [0.3, 0.4) is 0 Å². The molecule has 0 spiro atoms. The smallest absolute Gasteiger partial charge is 0.416 e. The Bertz CT molecular complexity index is 1320. The minimum absolute atomic E-state index is 0.000981. The van der Waals surface area contributed by atoms with Crippen LogP contribution in [0, 0.1) is 0 Å². The van der Waals surface area contributed by atoms with Crippen molar-refractivity contribution in [3.63, 3.8) is 0 Å². The second-order valence-corrected chi connectivity index (χ2v) is 10.8. The van der Waals surface area contributed by atoms with Crippen LogP contribution < -0.4 is 14.8 Å². The second kappa shape index (κ2) is 8.21. The number of anilines is 1. The Morgan fingerprint density at radius 3 is 2.56 bits per heavy atom. The summed E-state index contributed by atoms with van der Waals surface area (Å²) in [6.07, 6.45) is -2.71. The average molecular weight is 514 g/mol. The van der Waals surface area contributed by atoms with E-state index in [1.54, 1.807) is 11.4 Å². The van der Waals surface area contributed by atoms with Gasteiger partial charge in [0, 0.05) is 42.2 Å². The van der Waals surface area contributed by atoms with Crippen LogP contribution in [0.25, 0.3) is 0 Å². The van der Waals surface area contributed by atoms with Crippen molar-refractivity contribution >= 4 is 26.5 Å². The molecule has 5 rings (SSSR count). The predicted octanol–water partition coefficient (Wildman–Crippen LogP) is 4.65. The number of hydrogen-bond donors (Lipinski definition) is 2. The van der Waals surface area contributed by atoms with Crippen LogP contribution in [0.2, 0.25) is 0 Å². The normalized spacial score (nSPS) is 19.6. The summed E-state index contributed by atoms with van der Waals surface area (Å²) in [7, 11) is -3.92. The zero-order valence-corrected chi connectivity index (χ0v) is 19.2. The van der Waals surface area contributed by atoms with Crippen molar-refractivity contribution in [2.45, 2.75) is 29.1 Å². The molecule has 2 aromatic carbocycles. The first-order valence-corrected chi connectivity index (χ1v) is 12.7. The third-order valence-electron chi connectivity index (χ3n) is 6.04. The molecule has 0 saturated carbocycles. The monoisotopic (exact) mass is 513 g/mol. The lowest BCUT2D eigenvalue weighted by molar-refractivity contribution is -0.137. The van der Waals surface area contributed by atoms with Crippen molar-refractivity contribution in [3.05, 3.63) is 70.2 Å².